The summed E-state index contributed by atoms with van der Waals surface area (Å²) < 4.78 is 15.0. The predicted octanol–water partition coefficient (Wildman–Crippen LogP) is 1.83. The highest BCUT2D eigenvalue weighted by atomic mass is 32.2. The average molecular weight is 361 g/mol. The van der Waals surface area contributed by atoms with Crippen molar-refractivity contribution in [3.8, 4) is 5.69 Å². The number of nitrogens with zero attached hydrogens (tertiary/aromatic N) is 3. The molecule has 2 aromatic rings. The Kier molecular flexibility index (Phi) is 5.13. The van der Waals surface area contributed by atoms with Gasteiger partial charge in [-0.3, -0.25) is 14.7 Å². The van der Waals surface area contributed by atoms with Gasteiger partial charge in [-0.2, -0.15) is 0 Å². The van der Waals surface area contributed by atoms with E-state index in [1.807, 2.05) is 0 Å². The van der Waals surface area contributed by atoms with Crippen LogP contribution >= 0.6 is 11.8 Å². The summed E-state index contributed by atoms with van der Waals surface area (Å²) in [6, 6.07) is 5.09. The molecular formula is C16H16FN5O2S. The summed E-state index contributed by atoms with van der Waals surface area (Å²) in [4.78, 5) is 23.0. The molecule has 0 aliphatic carbocycles. The molecule has 1 aliphatic heterocycles. The van der Waals surface area contributed by atoms with Gasteiger partial charge in [0, 0.05) is 30.3 Å². The molecule has 2 N–H and O–H groups in total. The van der Waals surface area contributed by atoms with Crippen LogP contribution < -0.4 is 10.6 Å². The van der Waals surface area contributed by atoms with Gasteiger partial charge in [-0.05, 0) is 24.3 Å². The largest absolute Gasteiger partial charge is 0.334 e. The Hall–Kier alpha value is -2.68. The number of thioether (sulfide) groups is 1. The van der Waals surface area contributed by atoms with Crippen LogP contribution in [-0.2, 0) is 11.2 Å². The van der Waals surface area contributed by atoms with Crippen molar-refractivity contribution in [1.82, 2.24) is 25.4 Å². The first-order chi connectivity index (χ1) is 12.1. The van der Waals surface area contributed by atoms with Gasteiger partial charge >= 0.3 is 6.03 Å². The van der Waals surface area contributed by atoms with Gasteiger partial charge in [0.2, 0.25) is 5.91 Å². The predicted molar refractivity (Wildman–Crippen MR) is 91.0 cm³/mol. The normalized spacial score (nSPS) is 17.1. The van der Waals surface area contributed by atoms with Crippen molar-refractivity contribution in [1.29, 1.82) is 0 Å². The summed E-state index contributed by atoms with van der Waals surface area (Å²) in [7, 11) is 0. The van der Waals surface area contributed by atoms with E-state index in [0.29, 0.717) is 28.8 Å². The van der Waals surface area contributed by atoms with Gasteiger partial charge in [0.25, 0.3) is 0 Å². The lowest BCUT2D eigenvalue weighted by molar-refractivity contribution is -0.121. The van der Waals surface area contributed by atoms with Crippen LogP contribution in [0, 0.1) is 5.82 Å². The summed E-state index contributed by atoms with van der Waals surface area (Å²) in [5.41, 5.74) is 0.708. The third kappa shape index (κ3) is 4.05. The molecule has 1 fully saturated rings. The van der Waals surface area contributed by atoms with E-state index >= 15 is 0 Å². The monoisotopic (exact) mass is 361 g/mol. The summed E-state index contributed by atoms with van der Waals surface area (Å²) in [5, 5.41) is 13.9. The van der Waals surface area contributed by atoms with Crippen LogP contribution in [-0.4, -0.2) is 38.5 Å². The number of aromatic nitrogens is 3. The van der Waals surface area contributed by atoms with Gasteiger partial charge in [0.1, 0.15) is 11.6 Å². The van der Waals surface area contributed by atoms with E-state index in [9.17, 15) is 14.0 Å². The number of imide groups is 1. The topological polar surface area (TPSA) is 88.9 Å². The number of hydrogen-bond acceptors (Lipinski definition) is 5. The van der Waals surface area contributed by atoms with Crippen LogP contribution in [0.3, 0.4) is 0 Å². The number of rotatable bonds is 6. The number of amides is 3. The fourth-order valence-corrected chi connectivity index (χ4v) is 3.23. The molecule has 1 aromatic carbocycles. The number of hydrogen-bond donors (Lipinski definition) is 2. The van der Waals surface area contributed by atoms with Crippen LogP contribution in [0.5, 0.6) is 0 Å². The van der Waals surface area contributed by atoms with E-state index < -0.39 is 6.03 Å². The number of benzene rings is 1. The molecule has 2 heterocycles. The molecule has 7 nitrogen and oxygen atoms in total. The van der Waals surface area contributed by atoms with Crippen molar-refractivity contribution in [3.05, 3.63) is 48.6 Å². The van der Waals surface area contributed by atoms with Crippen molar-refractivity contribution in [3.63, 3.8) is 0 Å². The highest BCUT2D eigenvalue weighted by molar-refractivity contribution is 7.99. The van der Waals surface area contributed by atoms with Crippen molar-refractivity contribution >= 4 is 23.7 Å². The van der Waals surface area contributed by atoms with Gasteiger partial charge in [0.05, 0.1) is 0 Å². The Labute approximate surface area is 147 Å². The third-order valence-corrected chi connectivity index (χ3v) is 4.49. The van der Waals surface area contributed by atoms with Crippen molar-refractivity contribution < 1.29 is 14.0 Å². The zero-order chi connectivity index (χ0) is 17.8. The molecule has 0 radical (unpaired) electrons. The molecule has 1 aromatic heterocycles. The quantitative estimate of drug-likeness (QED) is 0.605. The molecule has 1 atom stereocenters. The number of nitrogens with one attached hydrogen (secondary N) is 2. The summed E-state index contributed by atoms with van der Waals surface area (Å²) in [5.74, 6) is 0.554. The van der Waals surface area contributed by atoms with Crippen LogP contribution in [0.1, 0.15) is 12.2 Å². The van der Waals surface area contributed by atoms with Gasteiger partial charge in [-0.25, -0.2) is 9.18 Å². The second kappa shape index (κ2) is 7.47. The Morgan fingerprint density at radius 1 is 1.32 bits per heavy atom. The maximum Gasteiger partial charge on any atom is 0.321 e. The molecule has 3 rings (SSSR count). The minimum atomic E-state index is -0.518. The SMILES string of the molecule is C=CCSc1nnc(CC2CC(=O)NC(=O)N2)n1-c1ccc(F)cc1. The maximum atomic E-state index is 13.2. The molecule has 1 saturated heterocycles. The lowest BCUT2D eigenvalue weighted by atomic mass is 10.1. The second-order valence-corrected chi connectivity index (χ2v) is 6.42. The molecule has 0 bridgehead atoms. The lowest BCUT2D eigenvalue weighted by Gasteiger charge is -2.23. The molecule has 9 heteroatoms. The van der Waals surface area contributed by atoms with Gasteiger partial charge in [-0.15, -0.1) is 16.8 Å². The van der Waals surface area contributed by atoms with Crippen molar-refractivity contribution in [2.24, 2.45) is 0 Å². The van der Waals surface area contributed by atoms with E-state index in [4.69, 9.17) is 0 Å². The number of halogens is 1. The Balaban J connectivity index is 1.91. The molecule has 1 aliphatic rings. The molecular weight excluding hydrogens is 345 g/mol. The number of carbonyl (C=O) groups is 2. The Bertz CT molecular complexity index is 789. The standard InChI is InChI=1S/C16H16FN5O2S/c1-2-7-25-16-21-20-13(8-11-9-14(23)19-15(24)18-11)22(16)12-5-3-10(17)4-6-12/h2-6,11H,1,7-9H2,(H2,18,19,23,24). The molecule has 0 saturated carbocycles. The smallest absolute Gasteiger partial charge is 0.321 e. The first-order valence-corrected chi connectivity index (χ1v) is 8.59. The van der Waals surface area contributed by atoms with E-state index in [2.05, 4.69) is 27.4 Å². The molecule has 0 spiro atoms. The van der Waals surface area contributed by atoms with Gasteiger partial charge in [-0.1, -0.05) is 17.8 Å². The fraction of sp³-hybridized carbons (Fsp3) is 0.250. The maximum absolute atomic E-state index is 13.2. The lowest BCUT2D eigenvalue weighted by Crippen LogP contribution is -2.53. The van der Waals surface area contributed by atoms with E-state index in [0.717, 1.165) is 0 Å². The van der Waals surface area contributed by atoms with Gasteiger partial charge in [0.15, 0.2) is 5.16 Å². The average Bonchev–Trinajstić information content (AvgIpc) is 2.95. The second-order valence-electron chi connectivity index (χ2n) is 5.44. The molecule has 1 unspecified atom stereocenters. The molecule has 3 amide bonds. The third-order valence-electron chi connectivity index (χ3n) is 3.56. The first-order valence-electron chi connectivity index (χ1n) is 7.61. The minimum Gasteiger partial charge on any atom is -0.334 e. The van der Waals surface area contributed by atoms with Crippen LogP contribution in [0.15, 0.2) is 42.1 Å². The Morgan fingerprint density at radius 3 is 2.76 bits per heavy atom. The summed E-state index contributed by atoms with van der Waals surface area (Å²) in [6.07, 6.45) is 2.25. The fourth-order valence-electron chi connectivity index (χ4n) is 2.53. The number of urea groups is 1. The van der Waals surface area contributed by atoms with E-state index in [1.54, 1.807) is 22.8 Å². The molecule has 25 heavy (non-hydrogen) atoms. The zero-order valence-corrected chi connectivity index (χ0v) is 14.1. The molecule has 130 valence electrons. The highest BCUT2D eigenvalue weighted by Crippen LogP contribution is 2.23. The van der Waals surface area contributed by atoms with E-state index in [-0.39, 0.29) is 24.2 Å². The van der Waals surface area contributed by atoms with Crippen LogP contribution in [0.4, 0.5) is 9.18 Å². The minimum absolute atomic E-state index is 0.164. The highest BCUT2D eigenvalue weighted by Gasteiger charge is 2.26. The first kappa shape index (κ1) is 17.2. The zero-order valence-electron chi connectivity index (χ0n) is 13.2. The summed E-state index contributed by atoms with van der Waals surface area (Å²) >= 11 is 1.44. The summed E-state index contributed by atoms with van der Waals surface area (Å²) in [6.45, 7) is 3.69. The van der Waals surface area contributed by atoms with Crippen molar-refractivity contribution in [2.45, 2.75) is 24.0 Å². The van der Waals surface area contributed by atoms with Crippen LogP contribution in [0.2, 0.25) is 0 Å². The van der Waals surface area contributed by atoms with Crippen LogP contribution in [0.25, 0.3) is 5.69 Å². The van der Waals surface area contributed by atoms with Gasteiger partial charge < -0.3 is 5.32 Å². The Morgan fingerprint density at radius 2 is 2.08 bits per heavy atom. The number of carbonyl (C=O) groups excluding carboxylic acids is 2. The van der Waals surface area contributed by atoms with E-state index in [1.165, 1.54) is 23.9 Å². The van der Waals surface area contributed by atoms with Crippen molar-refractivity contribution in [2.75, 3.05) is 5.75 Å².